The minimum atomic E-state index is -0.397. The Morgan fingerprint density at radius 3 is 3.00 bits per heavy atom. The molecule has 0 N–H and O–H groups in total. The highest BCUT2D eigenvalue weighted by molar-refractivity contribution is 5.61. The maximum Gasteiger partial charge on any atom is 0.347 e. The van der Waals surface area contributed by atoms with Crippen molar-refractivity contribution in [2.45, 2.75) is 0 Å². The molecular weight excluding hydrogens is 132 g/mol. The molecule has 2 bridgehead atoms. The molecule has 0 amide bonds. The second-order valence-corrected chi connectivity index (χ2v) is 2.01. The molecule has 2 heterocycles. The van der Waals surface area contributed by atoms with Gasteiger partial charge in [-0.3, -0.25) is 0 Å². The van der Waals surface area contributed by atoms with E-state index in [1.807, 2.05) is 0 Å². The largest absolute Gasteiger partial charge is 0.454 e. The molecule has 3 heteroatoms. The van der Waals surface area contributed by atoms with Crippen LogP contribution in [0.25, 0.3) is 17.5 Å². The van der Waals surface area contributed by atoms with Crippen LogP contribution in [0.3, 0.4) is 0 Å². The second-order valence-electron chi connectivity index (χ2n) is 2.01. The van der Waals surface area contributed by atoms with E-state index < -0.39 is 5.63 Å². The van der Waals surface area contributed by atoms with Crippen molar-refractivity contribution >= 4 is 17.5 Å². The molecule has 0 radical (unpaired) electrons. The Morgan fingerprint density at radius 2 is 2.30 bits per heavy atom. The molecule has 0 unspecified atom stereocenters. The summed E-state index contributed by atoms with van der Waals surface area (Å²) >= 11 is 0. The average molecular weight is 136 g/mol. The van der Waals surface area contributed by atoms with Gasteiger partial charge in [-0.1, -0.05) is 6.58 Å². The third-order valence-corrected chi connectivity index (χ3v) is 1.33. The third-order valence-electron chi connectivity index (χ3n) is 1.33. The zero-order valence-corrected chi connectivity index (χ0v) is 5.09. The topological polar surface area (TPSA) is 43.4 Å². The van der Waals surface area contributed by atoms with Gasteiger partial charge >= 0.3 is 5.63 Å². The van der Waals surface area contributed by atoms with Crippen molar-refractivity contribution in [2.24, 2.45) is 0 Å². The first-order valence-corrected chi connectivity index (χ1v) is 2.77. The van der Waals surface area contributed by atoms with Crippen molar-refractivity contribution in [1.29, 1.82) is 0 Å². The molecule has 0 saturated heterocycles. The Kier molecular flexibility index (Phi) is 0.795. The molecule has 0 aliphatic carbocycles. The van der Waals surface area contributed by atoms with Gasteiger partial charge in [0.25, 0.3) is 0 Å². The smallest absolute Gasteiger partial charge is 0.347 e. The highest BCUT2D eigenvalue weighted by Crippen LogP contribution is 2.01. The maximum absolute atomic E-state index is 10.8. The normalized spacial score (nSPS) is 10.8. The first kappa shape index (κ1) is 5.29. The molecular formula is C7H4O3. The summed E-state index contributed by atoms with van der Waals surface area (Å²) in [5.74, 6) is 0. The maximum atomic E-state index is 10.8. The fraction of sp³-hybridized carbons (Fsp3) is 0. The van der Waals surface area contributed by atoms with Gasteiger partial charge in [-0.2, -0.15) is 0 Å². The van der Waals surface area contributed by atoms with Crippen LogP contribution in [0.15, 0.2) is 26.0 Å². The van der Waals surface area contributed by atoms with Gasteiger partial charge < -0.3 is 8.83 Å². The minimum absolute atomic E-state index is 0.369. The second kappa shape index (κ2) is 1.50. The Bertz CT molecular complexity index is 435. The van der Waals surface area contributed by atoms with Gasteiger partial charge in [0.15, 0.2) is 5.58 Å². The monoisotopic (exact) mass is 136 g/mol. The average Bonchev–Trinajstić information content (AvgIpc) is 2.21. The van der Waals surface area contributed by atoms with Crippen LogP contribution in [0.4, 0.5) is 0 Å². The van der Waals surface area contributed by atoms with Gasteiger partial charge in [0.1, 0.15) is 17.1 Å². The standard InChI is InChI=1S/C7H4O3/c1-4-6-2-5(10-4)3-9-7(6)8/h2-3H,1H2. The van der Waals surface area contributed by atoms with E-state index in [0.29, 0.717) is 16.4 Å². The predicted octanol–water partition coefficient (Wildman–Crippen LogP) is 0.515. The Morgan fingerprint density at radius 1 is 1.50 bits per heavy atom. The van der Waals surface area contributed by atoms with Crippen LogP contribution < -0.4 is 11.0 Å². The van der Waals surface area contributed by atoms with Gasteiger partial charge in [0.05, 0.1) is 0 Å². The van der Waals surface area contributed by atoms with E-state index in [0.717, 1.165) is 0 Å². The van der Waals surface area contributed by atoms with Crippen LogP contribution >= 0.6 is 0 Å². The number of hydrogen-bond acceptors (Lipinski definition) is 3. The van der Waals surface area contributed by atoms with E-state index in [4.69, 9.17) is 4.42 Å². The molecule has 2 rings (SSSR count). The lowest BCUT2D eigenvalue weighted by atomic mass is 10.4. The molecule has 2 aromatic heterocycles. The Balaban J connectivity index is 3.26. The summed E-state index contributed by atoms with van der Waals surface area (Å²) in [6.45, 7) is 3.52. The summed E-state index contributed by atoms with van der Waals surface area (Å²) in [5.41, 5.74) is 0.514. The lowest BCUT2D eigenvalue weighted by Gasteiger charge is -1.75. The first-order valence-electron chi connectivity index (χ1n) is 2.77. The first-order chi connectivity index (χ1) is 4.77. The van der Waals surface area contributed by atoms with Crippen molar-refractivity contribution in [1.82, 2.24) is 0 Å². The summed E-state index contributed by atoms with van der Waals surface area (Å²) in [5, 5.41) is 0.414. The molecule has 0 fully saturated rings. The highest BCUT2D eigenvalue weighted by atomic mass is 16.4. The van der Waals surface area contributed by atoms with Crippen LogP contribution in [0.1, 0.15) is 0 Å². The summed E-state index contributed by atoms with van der Waals surface area (Å²) in [6.07, 6.45) is 1.27. The Hall–Kier alpha value is -1.51. The molecule has 0 aliphatic rings. The number of fused-ring (bicyclic) bond motifs is 2. The van der Waals surface area contributed by atoms with Crippen LogP contribution in [0.2, 0.25) is 0 Å². The molecule has 3 nitrogen and oxygen atoms in total. The van der Waals surface area contributed by atoms with Crippen molar-refractivity contribution in [2.75, 3.05) is 0 Å². The van der Waals surface area contributed by atoms with Crippen molar-refractivity contribution in [3.8, 4) is 0 Å². The number of furan rings is 1. The summed E-state index contributed by atoms with van der Waals surface area (Å²) in [7, 11) is 0. The van der Waals surface area contributed by atoms with E-state index in [1.54, 1.807) is 6.07 Å². The van der Waals surface area contributed by atoms with E-state index in [9.17, 15) is 4.79 Å². The zero-order chi connectivity index (χ0) is 7.14. The van der Waals surface area contributed by atoms with Gasteiger partial charge in [-0.15, -0.1) is 0 Å². The molecule has 2 aromatic rings. The van der Waals surface area contributed by atoms with Gasteiger partial charge in [-0.05, 0) is 0 Å². The lowest BCUT2D eigenvalue weighted by Crippen LogP contribution is -2.03. The van der Waals surface area contributed by atoms with Gasteiger partial charge in [-0.25, -0.2) is 4.79 Å². The molecule has 50 valence electrons. The van der Waals surface area contributed by atoms with Crippen LogP contribution in [0.5, 0.6) is 0 Å². The van der Waals surface area contributed by atoms with Gasteiger partial charge in [0.2, 0.25) is 0 Å². The number of hydrogen-bond donors (Lipinski definition) is 0. The van der Waals surface area contributed by atoms with E-state index in [-0.39, 0.29) is 0 Å². The van der Waals surface area contributed by atoms with Gasteiger partial charge in [0, 0.05) is 6.07 Å². The minimum Gasteiger partial charge on any atom is -0.454 e. The van der Waals surface area contributed by atoms with Crippen molar-refractivity contribution in [3.63, 3.8) is 0 Å². The molecule has 0 saturated carbocycles. The molecule has 0 spiro atoms. The molecule has 0 aromatic carbocycles. The third kappa shape index (κ3) is 0.515. The van der Waals surface area contributed by atoms with Crippen LogP contribution in [-0.2, 0) is 0 Å². The summed E-state index contributed by atoms with van der Waals surface area (Å²) in [6, 6.07) is 1.61. The summed E-state index contributed by atoms with van der Waals surface area (Å²) in [4.78, 5) is 10.8. The van der Waals surface area contributed by atoms with E-state index in [1.165, 1.54) is 6.26 Å². The van der Waals surface area contributed by atoms with E-state index >= 15 is 0 Å². The highest BCUT2D eigenvalue weighted by Gasteiger charge is 2.01. The van der Waals surface area contributed by atoms with Crippen LogP contribution in [0, 0.1) is 0 Å². The quantitative estimate of drug-likeness (QED) is 0.530. The van der Waals surface area contributed by atoms with Crippen LogP contribution in [-0.4, -0.2) is 0 Å². The SMILES string of the molecule is C=c1oc2coc(=O)c1c2. The van der Waals surface area contributed by atoms with Crippen molar-refractivity contribution < 1.29 is 8.83 Å². The summed E-state index contributed by atoms with van der Waals surface area (Å²) < 4.78 is 9.56. The Labute approximate surface area is 55.5 Å². The lowest BCUT2D eigenvalue weighted by molar-refractivity contribution is 0.512. The molecule has 10 heavy (non-hydrogen) atoms. The molecule has 0 aliphatic heterocycles. The predicted molar refractivity (Wildman–Crippen MR) is 35.5 cm³/mol. The van der Waals surface area contributed by atoms with E-state index in [2.05, 4.69) is 11.0 Å². The molecule has 0 atom stereocenters. The van der Waals surface area contributed by atoms with Crippen molar-refractivity contribution in [3.05, 3.63) is 28.2 Å². The fourth-order valence-electron chi connectivity index (χ4n) is 0.855. The fourth-order valence-corrected chi connectivity index (χ4v) is 0.855. The zero-order valence-electron chi connectivity index (χ0n) is 5.09. The number of rotatable bonds is 0.